The van der Waals surface area contributed by atoms with Crippen LogP contribution in [0.15, 0.2) is 36.7 Å². The Bertz CT molecular complexity index is 578. The van der Waals surface area contributed by atoms with Crippen molar-refractivity contribution in [3.05, 3.63) is 59.4 Å². The molecule has 19 heavy (non-hydrogen) atoms. The van der Waals surface area contributed by atoms with Gasteiger partial charge in [-0.2, -0.15) is 0 Å². The van der Waals surface area contributed by atoms with Crippen LogP contribution >= 0.6 is 0 Å². The first-order valence-corrected chi connectivity index (χ1v) is 5.56. The molecule has 3 N–H and O–H groups in total. The molecule has 0 aliphatic rings. The molecule has 0 fully saturated rings. The van der Waals surface area contributed by atoms with Crippen molar-refractivity contribution in [1.29, 1.82) is 0 Å². The number of hydrogen-bond acceptors (Lipinski definition) is 4. The SMILES string of the molecule is COc1cnccc1C(NN)c1cc(F)ccc1F. The minimum atomic E-state index is -0.728. The lowest BCUT2D eigenvalue weighted by atomic mass is 9.99. The second-order valence-corrected chi connectivity index (χ2v) is 3.88. The first-order valence-electron chi connectivity index (χ1n) is 5.56. The summed E-state index contributed by atoms with van der Waals surface area (Å²) in [6, 6.07) is 4.11. The molecule has 0 bridgehead atoms. The van der Waals surface area contributed by atoms with E-state index in [1.165, 1.54) is 19.5 Å². The smallest absolute Gasteiger partial charge is 0.142 e. The number of hydrazine groups is 1. The van der Waals surface area contributed by atoms with E-state index in [4.69, 9.17) is 10.6 Å². The highest BCUT2D eigenvalue weighted by Crippen LogP contribution is 2.30. The average molecular weight is 265 g/mol. The number of rotatable bonds is 4. The molecule has 1 heterocycles. The third-order valence-electron chi connectivity index (χ3n) is 2.78. The number of halogens is 2. The third kappa shape index (κ3) is 2.69. The van der Waals surface area contributed by atoms with Gasteiger partial charge >= 0.3 is 0 Å². The molecular weight excluding hydrogens is 252 g/mol. The minimum absolute atomic E-state index is 0.104. The third-order valence-corrected chi connectivity index (χ3v) is 2.78. The standard InChI is InChI=1S/C13H13F2N3O/c1-19-12-7-17-5-4-9(12)13(18-16)10-6-8(14)2-3-11(10)15/h2-7,13,18H,16H2,1H3. The van der Waals surface area contributed by atoms with Crippen molar-refractivity contribution in [3.8, 4) is 5.75 Å². The van der Waals surface area contributed by atoms with Gasteiger partial charge in [-0.1, -0.05) is 0 Å². The molecule has 1 atom stereocenters. The fraction of sp³-hybridized carbons (Fsp3) is 0.154. The van der Waals surface area contributed by atoms with Gasteiger partial charge in [-0.3, -0.25) is 10.8 Å². The molecule has 0 radical (unpaired) electrons. The van der Waals surface area contributed by atoms with E-state index < -0.39 is 17.7 Å². The Balaban J connectivity index is 2.53. The van der Waals surface area contributed by atoms with Crippen molar-refractivity contribution in [3.63, 3.8) is 0 Å². The Morgan fingerprint density at radius 1 is 1.26 bits per heavy atom. The van der Waals surface area contributed by atoms with Gasteiger partial charge in [0.1, 0.15) is 17.4 Å². The number of ether oxygens (including phenoxy) is 1. The van der Waals surface area contributed by atoms with Gasteiger partial charge in [-0.05, 0) is 24.3 Å². The van der Waals surface area contributed by atoms with Gasteiger partial charge < -0.3 is 4.74 Å². The summed E-state index contributed by atoms with van der Waals surface area (Å²) < 4.78 is 32.2. The minimum Gasteiger partial charge on any atom is -0.495 e. The van der Waals surface area contributed by atoms with Crippen molar-refractivity contribution < 1.29 is 13.5 Å². The molecule has 0 saturated carbocycles. The molecule has 4 nitrogen and oxygen atoms in total. The molecule has 1 aromatic carbocycles. The van der Waals surface area contributed by atoms with Crippen LogP contribution in [0.5, 0.6) is 5.75 Å². The van der Waals surface area contributed by atoms with E-state index in [0.29, 0.717) is 11.3 Å². The summed E-state index contributed by atoms with van der Waals surface area (Å²) in [5.74, 6) is 4.81. The average Bonchev–Trinajstić information content (AvgIpc) is 2.44. The van der Waals surface area contributed by atoms with Crippen LogP contribution in [0.1, 0.15) is 17.2 Å². The molecule has 0 saturated heterocycles. The van der Waals surface area contributed by atoms with Crippen molar-refractivity contribution in [2.24, 2.45) is 5.84 Å². The summed E-state index contributed by atoms with van der Waals surface area (Å²) in [6.07, 6.45) is 3.01. The Labute approximate surface area is 109 Å². The molecule has 0 aliphatic carbocycles. The van der Waals surface area contributed by atoms with Crippen molar-refractivity contribution >= 4 is 0 Å². The normalized spacial score (nSPS) is 12.2. The molecule has 0 spiro atoms. The van der Waals surface area contributed by atoms with Crippen LogP contribution in [-0.4, -0.2) is 12.1 Å². The maximum Gasteiger partial charge on any atom is 0.142 e. The Kier molecular flexibility index (Phi) is 4.03. The second kappa shape index (κ2) is 5.73. The Morgan fingerprint density at radius 3 is 2.74 bits per heavy atom. The van der Waals surface area contributed by atoms with Crippen LogP contribution in [0.3, 0.4) is 0 Å². The van der Waals surface area contributed by atoms with Crippen LogP contribution in [0.25, 0.3) is 0 Å². The molecule has 0 aliphatic heterocycles. The predicted octanol–water partition coefficient (Wildman–Crippen LogP) is 1.92. The lowest BCUT2D eigenvalue weighted by Gasteiger charge is -2.19. The zero-order valence-electron chi connectivity index (χ0n) is 10.2. The highest BCUT2D eigenvalue weighted by molar-refractivity contribution is 5.40. The zero-order chi connectivity index (χ0) is 13.8. The van der Waals surface area contributed by atoms with Gasteiger partial charge in [0.15, 0.2) is 0 Å². The predicted molar refractivity (Wildman–Crippen MR) is 66.3 cm³/mol. The van der Waals surface area contributed by atoms with E-state index in [1.54, 1.807) is 6.07 Å². The molecular formula is C13H13F2N3O. The van der Waals surface area contributed by atoms with E-state index in [1.807, 2.05) is 0 Å². The number of nitrogens with two attached hydrogens (primary N) is 1. The monoisotopic (exact) mass is 265 g/mol. The van der Waals surface area contributed by atoms with Crippen molar-refractivity contribution in [2.45, 2.75) is 6.04 Å². The fourth-order valence-corrected chi connectivity index (χ4v) is 1.88. The number of methoxy groups -OCH3 is 1. The molecule has 6 heteroatoms. The topological polar surface area (TPSA) is 60.2 Å². The van der Waals surface area contributed by atoms with E-state index in [9.17, 15) is 8.78 Å². The Morgan fingerprint density at radius 2 is 2.05 bits per heavy atom. The van der Waals surface area contributed by atoms with Crippen LogP contribution in [0.4, 0.5) is 8.78 Å². The van der Waals surface area contributed by atoms with E-state index >= 15 is 0 Å². The van der Waals surface area contributed by atoms with Gasteiger partial charge in [0.05, 0.1) is 19.3 Å². The van der Waals surface area contributed by atoms with E-state index in [-0.39, 0.29) is 5.56 Å². The summed E-state index contributed by atoms with van der Waals surface area (Å²) in [5, 5.41) is 0. The van der Waals surface area contributed by atoms with Crippen LogP contribution in [0, 0.1) is 11.6 Å². The number of aromatic nitrogens is 1. The van der Waals surface area contributed by atoms with Gasteiger partial charge in [0.2, 0.25) is 0 Å². The highest BCUT2D eigenvalue weighted by Gasteiger charge is 2.20. The van der Waals surface area contributed by atoms with Crippen molar-refractivity contribution in [1.82, 2.24) is 10.4 Å². The quantitative estimate of drug-likeness (QED) is 0.655. The van der Waals surface area contributed by atoms with Crippen LogP contribution < -0.4 is 16.0 Å². The molecule has 1 aromatic heterocycles. The lowest BCUT2D eigenvalue weighted by molar-refractivity contribution is 0.401. The van der Waals surface area contributed by atoms with Gasteiger partial charge in [0, 0.05) is 17.3 Å². The summed E-state index contributed by atoms with van der Waals surface area (Å²) >= 11 is 0. The van der Waals surface area contributed by atoms with Crippen LogP contribution in [0.2, 0.25) is 0 Å². The first-order chi connectivity index (χ1) is 9.17. The van der Waals surface area contributed by atoms with E-state index in [0.717, 1.165) is 18.2 Å². The molecule has 1 unspecified atom stereocenters. The van der Waals surface area contributed by atoms with E-state index in [2.05, 4.69) is 10.4 Å². The zero-order valence-corrected chi connectivity index (χ0v) is 10.2. The van der Waals surface area contributed by atoms with Gasteiger partial charge in [0.25, 0.3) is 0 Å². The second-order valence-electron chi connectivity index (χ2n) is 3.88. The lowest BCUT2D eigenvalue weighted by Crippen LogP contribution is -2.30. The first kappa shape index (κ1) is 13.4. The number of benzene rings is 1. The summed E-state index contributed by atoms with van der Waals surface area (Å²) in [7, 11) is 1.47. The van der Waals surface area contributed by atoms with Crippen molar-refractivity contribution in [2.75, 3.05) is 7.11 Å². The number of hydrogen-bond donors (Lipinski definition) is 2. The maximum absolute atomic E-state index is 13.8. The number of nitrogens with one attached hydrogen (secondary N) is 1. The van der Waals surface area contributed by atoms with Gasteiger partial charge in [-0.15, -0.1) is 0 Å². The summed E-state index contributed by atoms with van der Waals surface area (Å²) in [6.45, 7) is 0. The largest absolute Gasteiger partial charge is 0.495 e. The summed E-state index contributed by atoms with van der Waals surface area (Å²) in [4.78, 5) is 3.91. The highest BCUT2D eigenvalue weighted by atomic mass is 19.1. The number of pyridine rings is 1. The summed E-state index contributed by atoms with van der Waals surface area (Å²) in [5.41, 5.74) is 3.14. The van der Waals surface area contributed by atoms with Crippen LogP contribution in [-0.2, 0) is 0 Å². The fourth-order valence-electron chi connectivity index (χ4n) is 1.88. The molecule has 0 amide bonds. The number of nitrogens with zero attached hydrogens (tertiary/aromatic N) is 1. The van der Waals surface area contributed by atoms with Gasteiger partial charge in [-0.25, -0.2) is 14.2 Å². The molecule has 2 rings (SSSR count). The Hall–Kier alpha value is -2.05. The molecule has 100 valence electrons. The molecule has 2 aromatic rings. The maximum atomic E-state index is 13.8.